The summed E-state index contributed by atoms with van der Waals surface area (Å²) >= 11 is 0. The molecule has 0 saturated carbocycles. The van der Waals surface area contributed by atoms with Gasteiger partial charge in [0.1, 0.15) is 17.0 Å². The molecule has 0 unspecified atom stereocenters. The van der Waals surface area contributed by atoms with Gasteiger partial charge in [0.25, 0.3) is 11.5 Å². The maximum absolute atomic E-state index is 12.7. The van der Waals surface area contributed by atoms with E-state index in [1.807, 2.05) is 6.07 Å². The number of pyridine rings is 1. The molecule has 8 nitrogen and oxygen atoms in total. The van der Waals surface area contributed by atoms with Crippen LogP contribution in [0.4, 0.5) is 0 Å². The number of nitrogens with one attached hydrogen (secondary N) is 1. The molecule has 0 spiro atoms. The standard InChI is InChI=1S/C19H23N5O3/c1-22-15(18(25)20-6-4-7-23-9-11-27-12-10-23)13-14-17(22)21-16-5-2-3-8-24(16)19(14)26/h2-3,5,8,13H,4,6-7,9-12H2,1H3,(H,20,25). The van der Waals surface area contributed by atoms with E-state index in [1.165, 1.54) is 4.40 Å². The lowest BCUT2D eigenvalue weighted by Gasteiger charge is -2.26. The van der Waals surface area contributed by atoms with E-state index in [2.05, 4.69) is 15.2 Å². The molecule has 1 saturated heterocycles. The van der Waals surface area contributed by atoms with Crippen molar-refractivity contribution in [2.45, 2.75) is 6.42 Å². The van der Waals surface area contributed by atoms with Gasteiger partial charge in [0, 0.05) is 32.9 Å². The van der Waals surface area contributed by atoms with E-state index in [0.29, 0.717) is 28.9 Å². The van der Waals surface area contributed by atoms with Gasteiger partial charge < -0.3 is 14.6 Å². The summed E-state index contributed by atoms with van der Waals surface area (Å²) in [5, 5.41) is 3.39. The van der Waals surface area contributed by atoms with Crippen LogP contribution in [0.5, 0.6) is 0 Å². The normalized spacial score (nSPS) is 15.4. The Labute approximate surface area is 156 Å². The molecule has 142 valence electrons. The molecular formula is C19H23N5O3. The highest BCUT2D eigenvalue weighted by Crippen LogP contribution is 2.14. The van der Waals surface area contributed by atoms with Crippen LogP contribution in [0.25, 0.3) is 16.7 Å². The van der Waals surface area contributed by atoms with Crippen molar-refractivity contribution in [1.82, 2.24) is 24.2 Å². The van der Waals surface area contributed by atoms with Crippen LogP contribution in [0.3, 0.4) is 0 Å². The molecule has 1 aliphatic rings. The Balaban J connectivity index is 1.48. The predicted octanol–water partition coefficient (Wildman–Crippen LogP) is 0.638. The molecule has 0 aliphatic carbocycles. The molecule has 0 atom stereocenters. The van der Waals surface area contributed by atoms with Gasteiger partial charge in [-0.2, -0.15) is 0 Å². The Hall–Kier alpha value is -2.71. The molecule has 1 aliphatic heterocycles. The van der Waals surface area contributed by atoms with Crippen LogP contribution >= 0.6 is 0 Å². The number of fused-ring (bicyclic) bond motifs is 2. The smallest absolute Gasteiger partial charge is 0.267 e. The number of ether oxygens (including phenoxy) is 1. The summed E-state index contributed by atoms with van der Waals surface area (Å²) in [5.41, 5.74) is 1.35. The van der Waals surface area contributed by atoms with Crippen LogP contribution in [0.15, 0.2) is 35.3 Å². The lowest BCUT2D eigenvalue weighted by Crippen LogP contribution is -2.38. The van der Waals surface area contributed by atoms with Crippen molar-refractivity contribution in [2.75, 3.05) is 39.4 Å². The Kier molecular flexibility index (Phi) is 4.91. The van der Waals surface area contributed by atoms with Crippen LogP contribution in [0.2, 0.25) is 0 Å². The van der Waals surface area contributed by atoms with E-state index in [9.17, 15) is 9.59 Å². The number of hydrogen-bond acceptors (Lipinski definition) is 5. The third kappa shape index (κ3) is 3.45. The molecular weight excluding hydrogens is 346 g/mol. The first-order valence-electron chi connectivity index (χ1n) is 9.20. The third-order valence-corrected chi connectivity index (χ3v) is 4.98. The molecule has 0 aromatic carbocycles. The SMILES string of the molecule is Cn1c(C(=O)NCCCN2CCOCC2)cc2c(=O)n3ccccc3nc21. The quantitative estimate of drug-likeness (QED) is 0.668. The highest BCUT2D eigenvalue weighted by molar-refractivity contribution is 5.98. The van der Waals surface area contributed by atoms with Crippen LogP contribution in [0, 0.1) is 0 Å². The van der Waals surface area contributed by atoms with E-state index < -0.39 is 0 Å². The van der Waals surface area contributed by atoms with E-state index in [-0.39, 0.29) is 11.5 Å². The minimum atomic E-state index is -0.189. The van der Waals surface area contributed by atoms with Crippen LogP contribution in [-0.4, -0.2) is 64.2 Å². The molecule has 27 heavy (non-hydrogen) atoms. The Morgan fingerprint density at radius 3 is 2.93 bits per heavy atom. The summed E-state index contributed by atoms with van der Waals surface area (Å²) in [4.78, 5) is 32.1. The fraction of sp³-hybridized carbons (Fsp3) is 0.421. The number of hydrogen-bond donors (Lipinski definition) is 1. The number of morpholine rings is 1. The summed E-state index contributed by atoms with van der Waals surface area (Å²) < 4.78 is 8.51. The molecule has 3 aromatic rings. The van der Waals surface area contributed by atoms with E-state index in [0.717, 1.165) is 39.3 Å². The van der Waals surface area contributed by atoms with Gasteiger partial charge in [0.2, 0.25) is 0 Å². The first-order valence-corrected chi connectivity index (χ1v) is 9.20. The lowest BCUT2D eigenvalue weighted by atomic mass is 10.3. The van der Waals surface area contributed by atoms with Crippen molar-refractivity contribution >= 4 is 22.6 Å². The van der Waals surface area contributed by atoms with Gasteiger partial charge in [-0.1, -0.05) is 6.07 Å². The van der Waals surface area contributed by atoms with Crippen molar-refractivity contribution in [1.29, 1.82) is 0 Å². The van der Waals surface area contributed by atoms with E-state index in [1.54, 1.807) is 36.0 Å². The Bertz CT molecular complexity index is 1030. The second kappa shape index (κ2) is 7.50. The van der Waals surface area contributed by atoms with Gasteiger partial charge >= 0.3 is 0 Å². The zero-order chi connectivity index (χ0) is 18.8. The van der Waals surface area contributed by atoms with Gasteiger partial charge in [-0.3, -0.25) is 18.9 Å². The fourth-order valence-corrected chi connectivity index (χ4v) is 3.46. The molecule has 3 aromatic heterocycles. The van der Waals surface area contributed by atoms with Gasteiger partial charge in [0.15, 0.2) is 0 Å². The van der Waals surface area contributed by atoms with Crippen molar-refractivity contribution in [3.63, 3.8) is 0 Å². The van der Waals surface area contributed by atoms with Crippen molar-refractivity contribution < 1.29 is 9.53 Å². The number of aromatic nitrogens is 3. The number of carbonyl (C=O) groups is 1. The van der Waals surface area contributed by atoms with Gasteiger partial charge in [-0.05, 0) is 31.2 Å². The summed E-state index contributed by atoms with van der Waals surface area (Å²) in [7, 11) is 1.76. The number of amides is 1. The number of nitrogens with zero attached hydrogens (tertiary/aromatic N) is 4. The zero-order valence-corrected chi connectivity index (χ0v) is 15.4. The topological polar surface area (TPSA) is 80.9 Å². The van der Waals surface area contributed by atoms with Crippen molar-refractivity contribution in [2.24, 2.45) is 7.05 Å². The summed E-state index contributed by atoms with van der Waals surface area (Å²) in [6.45, 7) is 4.97. The number of carbonyl (C=O) groups excluding carboxylic acids is 1. The van der Waals surface area contributed by atoms with Crippen molar-refractivity contribution in [3.05, 3.63) is 46.5 Å². The Morgan fingerprint density at radius 1 is 1.30 bits per heavy atom. The molecule has 0 radical (unpaired) electrons. The molecule has 0 bridgehead atoms. The van der Waals surface area contributed by atoms with Crippen LogP contribution in [-0.2, 0) is 11.8 Å². The third-order valence-electron chi connectivity index (χ3n) is 4.98. The maximum atomic E-state index is 12.7. The lowest BCUT2D eigenvalue weighted by molar-refractivity contribution is 0.0374. The Morgan fingerprint density at radius 2 is 2.11 bits per heavy atom. The molecule has 1 N–H and O–H groups in total. The van der Waals surface area contributed by atoms with E-state index in [4.69, 9.17) is 4.74 Å². The highest BCUT2D eigenvalue weighted by Gasteiger charge is 2.17. The predicted molar refractivity (Wildman–Crippen MR) is 102 cm³/mol. The van der Waals surface area contributed by atoms with Gasteiger partial charge in [-0.15, -0.1) is 0 Å². The molecule has 8 heteroatoms. The second-order valence-electron chi connectivity index (χ2n) is 6.74. The first kappa shape index (κ1) is 17.7. The molecule has 4 rings (SSSR count). The van der Waals surface area contributed by atoms with Crippen LogP contribution in [0.1, 0.15) is 16.9 Å². The highest BCUT2D eigenvalue weighted by atomic mass is 16.5. The maximum Gasteiger partial charge on any atom is 0.267 e. The number of rotatable bonds is 5. The molecule has 1 fully saturated rings. The summed E-state index contributed by atoms with van der Waals surface area (Å²) in [6.07, 6.45) is 2.56. The minimum Gasteiger partial charge on any atom is -0.379 e. The average Bonchev–Trinajstić information content (AvgIpc) is 3.03. The minimum absolute atomic E-state index is 0.169. The van der Waals surface area contributed by atoms with Gasteiger partial charge in [0.05, 0.1) is 18.6 Å². The second-order valence-corrected chi connectivity index (χ2v) is 6.74. The van der Waals surface area contributed by atoms with Gasteiger partial charge in [-0.25, -0.2) is 4.98 Å². The fourth-order valence-electron chi connectivity index (χ4n) is 3.46. The molecule has 4 heterocycles. The largest absolute Gasteiger partial charge is 0.379 e. The number of aryl methyl sites for hydroxylation is 1. The monoisotopic (exact) mass is 369 g/mol. The first-order chi connectivity index (χ1) is 13.1. The summed E-state index contributed by atoms with van der Waals surface area (Å²) in [5.74, 6) is -0.189. The molecule has 1 amide bonds. The van der Waals surface area contributed by atoms with Crippen molar-refractivity contribution in [3.8, 4) is 0 Å². The summed E-state index contributed by atoms with van der Waals surface area (Å²) in [6, 6.07) is 7.02. The zero-order valence-electron chi connectivity index (χ0n) is 15.4. The van der Waals surface area contributed by atoms with E-state index >= 15 is 0 Å². The average molecular weight is 369 g/mol. The van der Waals surface area contributed by atoms with Crippen LogP contribution < -0.4 is 10.9 Å².